The van der Waals surface area contributed by atoms with E-state index in [2.05, 4.69) is 0 Å². The van der Waals surface area contributed by atoms with Crippen molar-refractivity contribution in [2.24, 2.45) is 35.5 Å². The molecule has 3 fully saturated rings. The molecule has 0 radical (unpaired) electrons. The van der Waals surface area contributed by atoms with Gasteiger partial charge in [-0.25, -0.2) is 17.6 Å². The van der Waals surface area contributed by atoms with Crippen molar-refractivity contribution in [2.75, 3.05) is 0 Å². The first-order valence-electron chi connectivity index (χ1n) is 12.0. The van der Waals surface area contributed by atoms with Crippen LogP contribution in [0.1, 0.15) is 97.3 Å². The third-order valence-corrected chi connectivity index (χ3v) is 8.64. The fourth-order valence-electron chi connectivity index (χ4n) is 6.37. The van der Waals surface area contributed by atoms with Gasteiger partial charge < -0.3 is 0 Å². The van der Waals surface area contributed by atoms with Gasteiger partial charge in [0, 0.05) is 12.3 Å². The van der Waals surface area contributed by atoms with Gasteiger partial charge in [-0.05, 0) is 87.4 Å². The van der Waals surface area contributed by atoms with E-state index < -0.39 is 24.2 Å². The van der Waals surface area contributed by atoms with Crippen LogP contribution in [0.3, 0.4) is 0 Å². The average molecular weight is 405 g/mol. The Hall–Kier alpha value is -0.280. The molecule has 0 heterocycles. The predicted molar refractivity (Wildman–Crippen MR) is 107 cm³/mol. The van der Waals surface area contributed by atoms with Crippen LogP contribution in [-0.2, 0) is 0 Å². The van der Waals surface area contributed by atoms with Crippen LogP contribution in [0, 0.1) is 35.5 Å². The molecular weight excluding hydrogens is 364 g/mol. The van der Waals surface area contributed by atoms with Gasteiger partial charge in [0.1, 0.15) is 12.3 Å². The van der Waals surface area contributed by atoms with Crippen LogP contribution in [-0.4, -0.2) is 18.3 Å². The van der Waals surface area contributed by atoms with Crippen LogP contribution in [0.15, 0.2) is 0 Å². The molecule has 0 aliphatic heterocycles. The highest BCUT2D eigenvalue weighted by molar-refractivity contribution is 4.88. The summed E-state index contributed by atoms with van der Waals surface area (Å²) in [6, 6.07) is 0. The molecule has 4 unspecified atom stereocenters. The summed E-state index contributed by atoms with van der Waals surface area (Å²) in [5, 5.41) is 0. The Morgan fingerprint density at radius 3 is 1.86 bits per heavy atom. The van der Waals surface area contributed by atoms with E-state index in [0.717, 1.165) is 38.5 Å². The highest BCUT2D eigenvalue weighted by atomic mass is 19.3. The summed E-state index contributed by atoms with van der Waals surface area (Å²) < 4.78 is 56.0. The molecule has 0 aromatic rings. The number of alkyl halides is 4. The van der Waals surface area contributed by atoms with E-state index in [-0.39, 0.29) is 18.3 Å². The molecule has 3 aliphatic rings. The molecule has 0 aromatic heterocycles. The van der Waals surface area contributed by atoms with Crippen molar-refractivity contribution < 1.29 is 17.6 Å². The zero-order chi connectivity index (χ0) is 20.3. The molecule has 3 rings (SSSR count). The summed E-state index contributed by atoms with van der Waals surface area (Å²) >= 11 is 0. The lowest BCUT2D eigenvalue weighted by Crippen LogP contribution is -2.37. The van der Waals surface area contributed by atoms with Crippen molar-refractivity contribution in [3.05, 3.63) is 0 Å². The first-order valence-corrected chi connectivity index (χ1v) is 12.0. The van der Waals surface area contributed by atoms with Gasteiger partial charge in [-0.15, -0.1) is 0 Å². The summed E-state index contributed by atoms with van der Waals surface area (Å²) in [6.45, 7) is 3.42. The summed E-state index contributed by atoms with van der Waals surface area (Å²) in [5.41, 5.74) is 0. The van der Waals surface area contributed by atoms with Crippen molar-refractivity contribution >= 4 is 0 Å². The number of hydrogen-bond donors (Lipinski definition) is 0. The molecule has 164 valence electrons. The summed E-state index contributed by atoms with van der Waals surface area (Å²) in [7, 11) is 0. The van der Waals surface area contributed by atoms with Crippen LogP contribution >= 0.6 is 0 Å². The van der Waals surface area contributed by atoms with Crippen LogP contribution in [0.2, 0.25) is 0 Å². The van der Waals surface area contributed by atoms with Gasteiger partial charge in [0.05, 0.1) is 0 Å². The molecule has 0 N–H and O–H groups in total. The van der Waals surface area contributed by atoms with Crippen molar-refractivity contribution in [3.63, 3.8) is 0 Å². The normalized spacial score (nSPS) is 43.1. The van der Waals surface area contributed by atoms with Crippen LogP contribution < -0.4 is 0 Å². The van der Waals surface area contributed by atoms with Gasteiger partial charge in [0.2, 0.25) is 0 Å². The minimum absolute atomic E-state index is 0.0315. The number of halogens is 4. The molecule has 3 saturated carbocycles. The van der Waals surface area contributed by atoms with E-state index >= 15 is 0 Å². The smallest absolute Gasteiger partial charge is 0.244 e. The Balaban J connectivity index is 1.36. The molecule has 0 bridgehead atoms. The van der Waals surface area contributed by atoms with Crippen LogP contribution in [0.5, 0.6) is 0 Å². The minimum atomic E-state index is -2.48. The first-order chi connectivity index (χ1) is 13.3. The number of hydrogen-bond acceptors (Lipinski definition) is 0. The second-order valence-electron chi connectivity index (χ2n) is 10.3. The maximum absolute atomic E-state index is 14.3. The lowest BCUT2D eigenvalue weighted by Gasteiger charge is -2.40. The van der Waals surface area contributed by atoms with E-state index in [0.29, 0.717) is 30.6 Å². The summed E-state index contributed by atoms with van der Waals surface area (Å²) in [5.74, 6) is -1.11. The molecule has 0 nitrogen and oxygen atoms in total. The summed E-state index contributed by atoms with van der Waals surface area (Å²) in [4.78, 5) is 0. The Morgan fingerprint density at radius 2 is 1.29 bits per heavy atom. The maximum atomic E-state index is 14.3. The third-order valence-electron chi connectivity index (χ3n) is 8.64. The number of rotatable bonds is 6. The highest BCUT2D eigenvalue weighted by Gasteiger charge is 2.41. The van der Waals surface area contributed by atoms with E-state index in [4.69, 9.17) is 0 Å². The summed E-state index contributed by atoms with van der Waals surface area (Å²) in [6.07, 6.45) is 9.06. The molecule has 4 atom stereocenters. The first kappa shape index (κ1) is 22.4. The van der Waals surface area contributed by atoms with Gasteiger partial charge in [-0.2, -0.15) is 0 Å². The second kappa shape index (κ2) is 9.69. The topological polar surface area (TPSA) is 0 Å². The van der Waals surface area contributed by atoms with Gasteiger partial charge in [0.15, 0.2) is 0 Å². The van der Waals surface area contributed by atoms with E-state index in [1.54, 1.807) is 6.92 Å². The zero-order valence-electron chi connectivity index (χ0n) is 17.8. The van der Waals surface area contributed by atoms with E-state index in [1.165, 1.54) is 25.7 Å². The third kappa shape index (κ3) is 5.25. The Morgan fingerprint density at radius 1 is 0.714 bits per heavy atom. The fourth-order valence-corrected chi connectivity index (χ4v) is 6.37. The molecule has 0 spiro atoms. The molecule has 3 aliphatic carbocycles. The van der Waals surface area contributed by atoms with Gasteiger partial charge in [-0.3, -0.25) is 0 Å². The Kier molecular flexibility index (Phi) is 7.75. The molecule has 0 aromatic carbocycles. The van der Waals surface area contributed by atoms with Gasteiger partial charge in [0.25, 0.3) is 5.92 Å². The highest BCUT2D eigenvalue weighted by Crippen LogP contribution is 2.46. The largest absolute Gasteiger partial charge is 0.250 e. The van der Waals surface area contributed by atoms with Gasteiger partial charge >= 0.3 is 0 Å². The monoisotopic (exact) mass is 404 g/mol. The molecule has 0 saturated heterocycles. The lowest BCUT2D eigenvalue weighted by molar-refractivity contribution is -0.0810. The van der Waals surface area contributed by atoms with Gasteiger partial charge in [-0.1, -0.05) is 33.1 Å². The SMILES string of the molecule is CCC(F)(F)C1CCC(C2CCC(CCC3CCC(C)C(F)C3F)CC2)CC1. The molecule has 28 heavy (non-hydrogen) atoms. The Bertz CT molecular complexity index is 463. The maximum Gasteiger partial charge on any atom is 0.250 e. The minimum Gasteiger partial charge on any atom is -0.244 e. The average Bonchev–Trinajstić information content (AvgIpc) is 2.72. The van der Waals surface area contributed by atoms with Crippen molar-refractivity contribution in [1.82, 2.24) is 0 Å². The lowest BCUT2D eigenvalue weighted by atomic mass is 9.67. The zero-order valence-corrected chi connectivity index (χ0v) is 17.8. The quantitative estimate of drug-likeness (QED) is 0.392. The van der Waals surface area contributed by atoms with E-state index in [9.17, 15) is 17.6 Å². The van der Waals surface area contributed by atoms with Crippen LogP contribution in [0.25, 0.3) is 0 Å². The van der Waals surface area contributed by atoms with Crippen LogP contribution in [0.4, 0.5) is 17.6 Å². The molecule has 0 amide bonds. The molecular formula is C24H40F4. The van der Waals surface area contributed by atoms with E-state index in [1.807, 2.05) is 6.92 Å². The van der Waals surface area contributed by atoms with Crippen molar-refractivity contribution in [1.29, 1.82) is 0 Å². The second-order valence-corrected chi connectivity index (χ2v) is 10.3. The fraction of sp³-hybridized carbons (Fsp3) is 1.00. The standard InChI is InChI=1S/C24H40F4/c1-3-24(27,28)21-14-12-19(13-15-21)18-9-5-17(6-10-18)7-11-20-8-4-16(2)22(25)23(20)26/h16-23H,3-15H2,1-2H3. The predicted octanol–water partition coefficient (Wildman–Crippen LogP) is 8.15. The van der Waals surface area contributed by atoms with Crippen molar-refractivity contribution in [3.8, 4) is 0 Å². The molecule has 4 heteroatoms. The Labute approximate surface area is 169 Å². The van der Waals surface area contributed by atoms with Crippen molar-refractivity contribution in [2.45, 2.75) is 116 Å².